The Hall–Kier alpha value is -1.47. The fraction of sp³-hybridized carbons (Fsp3) is 0.286. The van der Waals surface area contributed by atoms with Crippen LogP contribution in [0, 0.1) is 0 Å². The van der Waals surface area contributed by atoms with Crippen molar-refractivity contribution in [3.05, 3.63) is 51.5 Å². The Kier molecular flexibility index (Phi) is 7.31. The zero-order chi connectivity index (χ0) is 14.4. The van der Waals surface area contributed by atoms with Crippen LogP contribution in [0.2, 0.25) is 0 Å². The van der Waals surface area contributed by atoms with Crippen molar-refractivity contribution in [2.45, 2.75) is 19.7 Å². The van der Waals surface area contributed by atoms with E-state index in [1.807, 2.05) is 24.3 Å². The second-order valence-electron chi connectivity index (χ2n) is 4.27. The van der Waals surface area contributed by atoms with Gasteiger partial charge in [-0.3, -0.25) is 4.79 Å². The zero-order valence-corrected chi connectivity index (χ0v) is 13.3. The lowest BCUT2D eigenvalue weighted by Gasteiger charge is -2.06. The van der Waals surface area contributed by atoms with E-state index in [0.29, 0.717) is 25.4 Å². The van der Waals surface area contributed by atoms with Crippen LogP contribution in [0.15, 0.2) is 29.6 Å². The molecule has 1 heterocycles. The van der Waals surface area contributed by atoms with E-state index >= 15 is 0 Å². The monoisotopic (exact) mass is 327 g/mol. The van der Waals surface area contributed by atoms with Crippen molar-refractivity contribution in [2.24, 2.45) is 5.73 Å². The topological polar surface area (TPSA) is 77.2 Å². The molecule has 1 amide bonds. The maximum atomic E-state index is 11.9. The number of nitrogens with one attached hydrogen (secondary N) is 1. The molecule has 0 spiro atoms. The third kappa shape index (κ3) is 5.09. The number of thiazole rings is 1. The van der Waals surface area contributed by atoms with E-state index in [0.717, 1.165) is 16.1 Å². The van der Waals surface area contributed by atoms with Crippen LogP contribution in [-0.2, 0) is 24.4 Å². The highest BCUT2D eigenvalue weighted by atomic mass is 35.5. The van der Waals surface area contributed by atoms with Crippen LogP contribution in [0.25, 0.3) is 0 Å². The molecule has 0 aliphatic heterocycles. The lowest BCUT2D eigenvalue weighted by atomic mass is 10.1. The molecular weight excluding hydrogens is 310 g/mol. The number of benzene rings is 1. The number of aromatic nitrogens is 1. The summed E-state index contributed by atoms with van der Waals surface area (Å²) < 4.78 is 5.09. The highest BCUT2D eigenvalue weighted by Crippen LogP contribution is 2.10. The lowest BCUT2D eigenvalue weighted by molar-refractivity contribution is 0.0946. The lowest BCUT2D eigenvalue weighted by Crippen LogP contribution is -2.23. The van der Waals surface area contributed by atoms with Crippen molar-refractivity contribution in [3.8, 4) is 0 Å². The molecule has 2 aromatic rings. The van der Waals surface area contributed by atoms with Gasteiger partial charge in [-0.2, -0.15) is 0 Å². The zero-order valence-electron chi connectivity index (χ0n) is 11.7. The fourth-order valence-electron chi connectivity index (χ4n) is 1.78. The SMILES string of the molecule is COCc1cccc(CNC(=O)c2csc(CN)n2)c1.Cl. The molecule has 0 bridgehead atoms. The second-order valence-corrected chi connectivity index (χ2v) is 5.21. The third-order valence-electron chi connectivity index (χ3n) is 2.71. The van der Waals surface area contributed by atoms with E-state index in [4.69, 9.17) is 10.5 Å². The number of carbonyl (C=O) groups is 1. The molecule has 0 aliphatic rings. The van der Waals surface area contributed by atoms with Crippen molar-refractivity contribution >= 4 is 29.7 Å². The van der Waals surface area contributed by atoms with E-state index < -0.39 is 0 Å². The van der Waals surface area contributed by atoms with Gasteiger partial charge in [0.05, 0.1) is 6.61 Å². The van der Waals surface area contributed by atoms with Gasteiger partial charge in [0.25, 0.3) is 5.91 Å². The molecule has 21 heavy (non-hydrogen) atoms. The van der Waals surface area contributed by atoms with Gasteiger partial charge in [-0.1, -0.05) is 24.3 Å². The first-order valence-corrected chi connectivity index (χ1v) is 7.10. The summed E-state index contributed by atoms with van der Waals surface area (Å²) in [6, 6.07) is 7.91. The average molecular weight is 328 g/mol. The van der Waals surface area contributed by atoms with Crippen LogP contribution in [0.1, 0.15) is 26.6 Å². The van der Waals surface area contributed by atoms with Gasteiger partial charge in [0.15, 0.2) is 0 Å². The van der Waals surface area contributed by atoms with Gasteiger partial charge < -0.3 is 15.8 Å². The summed E-state index contributed by atoms with van der Waals surface area (Å²) in [6.07, 6.45) is 0. The number of hydrogen-bond donors (Lipinski definition) is 2. The maximum Gasteiger partial charge on any atom is 0.271 e. The molecule has 0 unspecified atom stereocenters. The highest BCUT2D eigenvalue weighted by Gasteiger charge is 2.09. The minimum Gasteiger partial charge on any atom is -0.380 e. The molecule has 2 rings (SSSR count). The van der Waals surface area contributed by atoms with Crippen LogP contribution in [0.4, 0.5) is 0 Å². The minimum absolute atomic E-state index is 0. The van der Waals surface area contributed by atoms with Crippen LogP contribution >= 0.6 is 23.7 Å². The molecule has 0 radical (unpaired) electrons. The smallest absolute Gasteiger partial charge is 0.271 e. The first-order valence-electron chi connectivity index (χ1n) is 6.22. The van der Waals surface area contributed by atoms with Crippen molar-refractivity contribution in [3.63, 3.8) is 0 Å². The fourth-order valence-corrected chi connectivity index (χ4v) is 2.43. The van der Waals surface area contributed by atoms with Crippen LogP contribution < -0.4 is 11.1 Å². The van der Waals surface area contributed by atoms with Crippen LogP contribution in [0.5, 0.6) is 0 Å². The number of hydrogen-bond acceptors (Lipinski definition) is 5. The maximum absolute atomic E-state index is 11.9. The van der Waals surface area contributed by atoms with Gasteiger partial charge in [-0.15, -0.1) is 23.7 Å². The molecule has 7 heteroatoms. The molecule has 0 saturated heterocycles. The molecule has 3 N–H and O–H groups in total. The Balaban J connectivity index is 0.00000220. The third-order valence-corrected chi connectivity index (χ3v) is 3.59. The highest BCUT2D eigenvalue weighted by molar-refractivity contribution is 7.09. The normalized spacial score (nSPS) is 10.0. The summed E-state index contributed by atoms with van der Waals surface area (Å²) in [6.45, 7) is 1.39. The van der Waals surface area contributed by atoms with Gasteiger partial charge in [-0.05, 0) is 11.1 Å². The number of nitrogens with two attached hydrogens (primary N) is 1. The summed E-state index contributed by atoms with van der Waals surface area (Å²) in [5.74, 6) is -0.182. The Morgan fingerprint density at radius 3 is 2.86 bits per heavy atom. The van der Waals surface area contributed by atoms with E-state index in [1.54, 1.807) is 12.5 Å². The quantitative estimate of drug-likeness (QED) is 0.851. The molecule has 0 aliphatic carbocycles. The largest absolute Gasteiger partial charge is 0.380 e. The number of nitrogens with zero attached hydrogens (tertiary/aromatic N) is 1. The van der Waals surface area contributed by atoms with Crippen LogP contribution in [0.3, 0.4) is 0 Å². The van der Waals surface area contributed by atoms with Crippen molar-refractivity contribution < 1.29 is 9.53 Å². The molecule has 0 saturated carbocycles. The van der Waals surface area contributed by atoms with E-state index in [1.165, 1.54) is 11.3 Å². The van der Waals surface area contributed by atoms with Crippen molar-refractivity contribution in [1.82, 2.24) is 10.3 Å². The molecule has 1 aromatic heterocycles. The first kappa shape index (κ1) is 17.6. The molecule has 114 valence electrons. The minimum atomic E-state index is -0.182. The number of carbonyl (C=O) groups excluding carboxylic acids is 1. The Morgan fingerprint density at radius 2 is 2.19 bits per heavy atom. The van der Waals surface area contributed by atoms with Crippen LogP contribution in [-0.4, -0.2) is 18.0 Å². The number of methoxy groups -OCH3 is 1. The van der Waals surface area contributed by atoms with E-state index in [2.05, 4.69) is 10.3 Å². The van der Waals surface area contributed by atoms with Gasteiger partial charge >= 0.3 is 0 Å². The van der Waals surface area contributed by atoms with Crippen molar-refractivity contribution in [2.75, 3.05) is 7.11 Å². The van der Waals surface area contributed by atoms with Gasteiger partial charge in [-0.25, -0.2) is 4.98 Å². The van der Waals surface area contributed by atoms with E-state index in [-0.39, 0.29) is 18.3 Å². The van der Waals surface area contributed by atoms with Gasteiger partial charge in [0.2, 0.25) is 0 Å². The first-order chi connectivity index (χ1) is 9.72. The number of halogens is 1. The molecule has 5 nitrogen and oxygen atoms in total. The number of ether oxygens (including phenoxy) is 1. The standard InChI is InChI=1S/C14H17N3O2S.ClH/c1-19-8-11-4-2-3-10(5-11)7-16-14(18)12-9-20-13(6-15)17-12;/h2-5,9H,6-8,15H2,1H3,(H,16,18);1H. The van der Waals surface area contributed by atoms with Gasteiger partial charge in [0.1, 0.15) is 10.7 Å². The number of rotatable bonds is 6. The molecule has 0 fully saturated rings. The summed E-state index contributed by atoms with van der Waals surface area (Å²) >= 11 is 1.40. The summed E-state index contributed by atoms with van der Waals surface area (Å²) in [5.41, 5.74) is 8.01. The molecule has 0 atom stereocenters. The molecular formula is C14H18ClN3O2S. The average Bonchev–Trinajstić information content (AvgIpc) is 2.94. The van der Waals surface area contributed by atoms with Crippen molar-refractivity contribution in [1.29, 1.82) is 0 Å². The molecule has 1 aromatic carbocycles. The Labute approximate surface area is 133 Å². The second kappa shape index (κ2) is 8.74. The van der Waals surface area contributed by atoms with E-state index in [9.17, 15) is 4.79 Å². The summed E-state index contributed by atoms with van der Waals surface area (Å²) in [7, 11) is 1.66. The predicted molar refractivity (Wildman–Crippen MR) is 85.6 cm³/mol. The predicted octanol–water partition coefficient (Wildman–Crippen LogP) is 2.10. The van der Waals surface area contributed by atoms with Gasteiger partial charge in [0, 0.05) is 25.6 Å². The number of amides is 1. The Bertz CT molecular complexity index is 589. The summed E-state index contributed by atoms with van der Waals surface area (Å²) in [4.78, 5) is 16.1. The Morgan fingerprint density at radius 1 is 1.43 bits per heavy atom. The summed E-state index contributed by atoms with van der Waals surface area (Å²) in [5, 5.41) is 5.33.